The van der Waals surface area contributed by atoms with Crippen LogP contribution in [-0.4, -0.2) is 27.3 Å². The van der Waals surface area contributed by atoms with Crippen LogP contribution in [0.15, 0.2) is 24.4 Å². The fourth-order valence-electron chi connectivity index (χ4n) is 1.78. The quantitative estimate of drug-likeness (QED) is 0.702. The van der Waals surface area contributed by atoms with Gasteiger partial charge in [-0.1, -0.05) is 12.1 Å². The number of carboxylic acid groups (broad SMARTS) is 1. The van der Waals surface area contributed by atoms with Crippen molar-refractivity contribution in [2.45, 2.75) is 12.5 Å². The maximum atomic E-state index is 10.6. The minimum absolute atomic E-state index is 0.0120. The molecule has 3 N–H and O–H groups in total. The average Bonchev–Trinajstić information content (AvgIpc) is 2.72. The fourth-order valence-corrected chi connectivity index (χ4v) is 1.78. The molecule has 2 rings (SSSR count). The van der Waals surface area contributed by atoms with E-state index >= 15 is 0 Å². The van der Waals surface area contributed by atoms with Crippen LogP contribution >= 0.6 is 0 Å². The summed E-state index contributed by atoms with van der Waals surface area (Å²) in [4.78, 5) is 16.9. The summed E-state index contributed by atoms with van der Waals surface area (Å²) in [6.45, 7) is 7.06. The molecule has 1 aromatic carbocycles. The van der Waals surface area contributed by atoms with Crippen molar-refractivity contribution in [2.75, 3.05) is 0 Å². The highest BCUT2D eigenvalue weighted by Gasteiger charge is 2.17. The Morgan fingerprint density at radius 2 is 2.29 bits per heavy atom. The molecule has 0 aliphatic carbocycles. The van der Waals surface area contributed by atoms with Gasteiger partial charge in [0.15, 0.2) is 11.8 Å². The summed E-state index contributed by atoms with van der Waals surface area (Å²) < 4.78 is 0. The van der Waals surface area contributed by atoms with Crippen molar-refractivity contribution in [1.82, 2.24) is 4.98 Å². The van der Waals surface area contributed by atoms with Crippen LogP contribution in [0.3, 0.4) is 0 Å². The van der Waals surface area contributed by atoms with E-state index in [9.17, 15) is 9.90 Å². The smallest absolute Gasteiger partial charge is 0.332 e. The molecular formula is C12H10N2O3. The fraction of sp³-hybridized carbons (Fsp3) is 0.167. The second-order valence-corrected chi connectivity index (χ2v) is 3.68. The van der Waals surface area contributed by atoms with Gasteiger partial charge in [-0.25, -0.2) is 9.64 Å². The predicted molar refractivity (Wildman–Crippen MR) is 61.9 cm³/mol. The summed E-state index contributed by atoms with van der Waals surface area (Å²) in [5.74, 6) is -1.26. The molecule has 1 aromatic heterocycles. The number of carbonyl (C=O) groups is 1. The number of aliphatic hydroxyl groups is 1. The van der Waals surface area contributed by atoms with Crippen LogP contribution in [-0.2, 0) is 11.2 Å². The summed E-state index contributed by atoms with van der Waals surface area (Å²) >= 11 is 0. The van der Waals surface area contributed by atoms with Gasteiger partial charge in [0.1, 0.15) is 0 Å². The predicted octanol–water partition coefficient (Wildman–Crippen LogP) is 1.71. The largest absolute Gasteiger partial charge is 0.479 e. The van der Waals surface area contributed by atoms with Crippen LogP contribution in [0.25, 0.3) is 15.7 Å². The van der Waals surface area contributed by atoms with E-state index in [4.69, 9.17) is 11.7 Å². The summed E-state index contributed by atoms with van der Waals surface area (Å²) in [7, 11) is 0. The number of aromatic nitrogens is 1. The molecule has 0 spiro atoms. The second-order valence-electron chi connectivity index (χ2n) is 3.68. The summed E-state index contributed by atoms with van der Waals surface area (Å²) in [5.41, 5.74) is 1.86. The minimum Gasteiger partial charge on any atom is -0.479 e. The van der Waals surface area contributed by atoms with Crippen molar-refractivity contribution in [3.8, 4) is 0 Å². The zero-order valence-electron chi connectivity index (χ0n) is 8.84. The molecule has 0 radical (unpaired) electrons. The van der Waals surface area contributed by atoms with E-state index in [1.165, 1.54) is 0 Å². The molecule has 17 heavy (non-hydrogen) atoms. The first-order valence-electron chi connectivity index (χ1n) is 5.00. The van der Waals surface area contributed by atoms with E-state index in [2.05, 4.69) is 9.83 Å². The number of hydrogen-bond acceptors (Lipinski definition) is 2. The van der Waals surface area contributed by atoms with Crippen LogP contribution in [0.2, 0.25) is 0 Å². The van der Waals surface area contributed by atoms with Crippen molar-refractivity contribution in [3.05, 3.63) is 41.4 Å². The molecule has 1 heterocycles. The third-order valence-electron chi connectivity index (χ3n) is 2.58. The van der Waals surface area contributed by atoms with Gasteiger partial charge in [-0.15, -0.1) is 0 Å². The first-order chi connectivity index (χ1) is 8.13. The van der Waals surface area contributed by atoms with Crippen LogP contribution in [0.1, 0.15) is 5.56 Å². The lowest BCUT2D eigenvalue weighted by Crippen LogP contribution is -2.21. The SMILES string of the molecule is [C-]#[N+]c1cccc2[nH]cc(C[C@H](O)C(=O)O)c12. The topological polar surface area (TPSA) is 77.7 Å². The number of carboxylic acids is 1. The zero-order valence-corrected chi connectivity index (χ0v) is 8.84. The number of H-pyrrole nitrogens is 1. The molecule has 1 atom stereocenters. The van der Waals surface area contributed by atoms with Crippen molar-refractivity contribution in [3.63, 3.8) is 0 Å². The number of nitrogens with zero attached hydrogens (tertiary/aromatic N) is 1. The molecule has 0 aliphatic rings. The monoisotopic (exact) mass is 230 g/mol. The summed E-state index contributed by atoms with van der Waals surface area (Å²) in [6.07, 6.45) is 0.167. The Hall–Kier alpha value is -2.32. The van der Waals surface area contributed by atoms with Gasteiger partial charge in [0, 0.05) is 23.5 Å². The number of hydrogen-bond donors (Lipinski definition) is 3. The number of aromatic amines is 1. The van der Waals surface area contributed by atoms with Crippen molar-refractivity contribution < 1.29 is 15.0 Å². The number of nitrogens with one attached hydrogen (secondary N) is 1. The van der Waals surface area contributed by atoms with Gasteiger partial charge in [0.2, 0.25) is 0 Å². The number of rotatable bonds is 3. The second kappa shape index (κ2) is 4.28. The molecule has 0 amide bonds. The Labute approximate surface area is 97.1 Å². The van der Waals surface area contributed by atoms with E-state index in [1.807, 2.05) is 0 Å². The minimum atomic E-state index is -1.45. The third kappa shape index (κ3) is 1.98. The van der Waals surface area contributed by atoms with Gasteiger partial charge in [-0.2, -0.15) is 0 Å². The van der Waals surface area contributed by atoms with Crippen LogP contribution in [0.5, 0.6) is 0 Å². The number of aliphatic carboxylic acids is 1. The Kier molecular flexibility index (Phi) is 2.81. The number of fused-ring (bicyclic) bond motifs is 1. The third-order valence-corrected chi connectivity index (χ3v) is 2.58. The van der Waals surface area contributed by atoms with Gasteiger partial charge in [0.25, 0.3) is 0 Å². The molecule has 0 bridgehead atoms. The van der Waals surface area contributed by atoms with Gasteiger partial charge in [-0.3, -0.25) is 0 Å². The normalized spacial score (nSPS) is 12.2. The van der Waals surface area contributed by atoms with Gasteiger partial charge < -0.3 is 15.2 Å². The van der Waals surface area contributed by atoms with E-state index in [-0.39, 0.29) is 6.42 Å². The summed E-state index contributed by atoms with van der Waals surface area (Å²) in [6, 6.07) is 5.23. The molecule has 0 saturated carbocycles. The van der Waals surface area contributed by atoms with Gasteiger partial charge in [-0.05, 0) is 11.6 Å². The van der Waals surface area contributed by atoms with Gasteiger partial charge >= 0.3 is 5.97 Å². The molecule has 5 heteroatoms. The van der Waals surface area contributed by atoms with Crippen LogP contribution in [0.4, 0.5) is 5.69 Å². The number of aliphatic hydroxyl groups excluding tert-OH is 1. The maximum absolute atomic E-state index is 10.6. The molecule has 0 saturated heterocycles. The highest BCUT2D eigenvalue weighted by Crippen LogP contribution is 2.29. The highest BCUT2D eigenvalue weighted by molar-refractivity contribution is 5.95. The Morgan fingerprint density at radius 3 is 2.94 bits per heavy atom. The number of benzene rings is 1. The lowest BCUT2D eigenvalue weighted by Gasteiger charge is -2.04. The maximum Gasteiger partial charge on any atom is 0.332 e. The van der Waals surface area contributed by atoms with Crippen molar-refractivity contribution in [2.24, 2.45) is 0 Å². The standard InChI is InChI=1S/C12H10N2O3/c1-13-8-3-2-4-9-11(8)7(6-14-9)5-10(15)12(16)17/h2-4,6,10,14-15H,5H2,(H,16,17)/t10-/m0/s1. The highest BCUT2D eigenvalue weighted by atomic mass is 16.4. The molecule has 86 valence electrons. The van der Waals surface area contributed by atoms with Crippen LogP contribution < -0.4 is 0 Å². The molecule has 0 unspecified atom stereocenters. The van der Waals surface area contributed by atoms with Crippen molar-refractivity contribution in [1.29, 1.82) is 0 Å². The van der Waals surface area contributed by atoms with E-state index < -0.39 is 12.1 Å². The first-order valence-corrected chi connectivity index (χ1v) is 5.00. The average molecular weight is 230 g/mol. The van der Waals surface area contributed by atoms with Crippen molar-refractivity contribution >= 4 is 22.6 Å². The first kappa shape index (κ1) is 11.2. The Bertz CT molecular complexity index is 610. The molecule has 0 aliphatic heterocycles. The molecule has 0 fully saturated rings. The Morgan fingerprint density at radius 1 is 1.53 bits per heavy atom. The Balaban J connectivity index is 2.49. The summed E-state index contributed by atoms with van der Waals surface area (Å²) in [5, 5.41) is 18.7. The molecule has 5 nitrogen and oxygen atoms in total. The van der Waals surface area contributed by atoms with E-state index in [0.717, 1.165) is 5.52 Å². The van der Waals surface area contributed by atoms with Crippen LogP contribution in [0, 0.1) is 6.57 Å². The molecular weight excluding hydrogens is 220 g/mol. The lowest BCUT2D eigenvalue weighted by molar-refractivity contribution is -0.146. The van der Waals surface area contributed by atoms with E-state index in [0.29, 0.717) is 16.6 Å². The van der Waals surface area contributed by atoms with E-state index in [1.54, 1.807) is 24.4 Å². The van der Waals surface area contributed by atoms with Gasteiger partial charge in [0.05, 0.1) is 6.57 Å². The molecule has 2 aromatic rings. The lowest BCUT2D eigenvalue weighted by atomic mass is 10.1. The zero-order chi connectivity index (χ0) is 12.4.